The van der Waals surface area contributed by atoms with Gasteiger partial charge in [0.1, 0.15) is 5.82 Å². The molecule has 0 saturated carbocycles. The quantitative estimate of drug-likeness (QED) is 0.444. The van der Waals surface area contributed by atoms with Gasteiger partial charge in [-0.05, 0) is 35.4 Å². The summed E-state index contributed by atoms with van der Waals surface area (Å²) in [6, 6.07) is 20.4. The van der Waals surface area contributed by atoms with Gasteiger partial charge in [-0.3, -0.25) is 0 Å². The maximum Gasteiger partial charge on any atom is 0.111 e. The summed E-state index contributed by atoms with van der Waals surface area (Å²) in [4.78, 5) is 8.17. The van der Waals surface area contributed by atoms with Crippen LogP contribution in [0.1, 0.15) is 17.1 Å². The summed E-state index contributed by atoms with van der Waals surface area (Å²) >= 11 is 12.4. The minimum atomic E-state index is 0.567. The number of hydrogen-bond donors (Lipinski definition) is 1. The summed E-state index contributed by atoms with van der Waals surface area (Å²) in [6.45, 7) is 2.04. The zero-order valence-electron chi connectivity index (χ0n) is 13.7. The predicted molar refractivity (Wildman–Crippen MR) is 106 cm³/mol. The van der Waals surface area contributed by atoms with Crippen LogP contribution < -0.4 is 0 Å². The van der Waals surface area contributed by atoms with E-state index in [4.69, 9.17) is 28.2 Å². The molecule has 0 atom stereocenters. The van der Waals surface area contributed by atoms with Crippen molar-refractivity contribution in [2.75, 3.05) is 0 Å². The zero-order valence-corrected chi connectivity index (χ0v) is 15.2. The summed E-state index contributed by atoms with van der Waals surface area (Å²) in [7, 11) is 0. The van der Waals surface area contributed by atoms with Gasteiger partial charge in [-0.25, -0.2) is 4.98 Å². The van der Waals surface area contributed by atoms with Crippen molar-refractivity contribution < 1.29 is 0 Å². The Morgan fingerprint density at radius 1 is 0.920 bits per heavy atom. The van der Waals surface area contributed by atoms with Crippen molar-refractivity contribution in [3.63, 3.8) is 0 Å². The number of fused-ring (bicyclic) bond motifs is 1. The topological polar surface area (TPSA) is 28.7 Å². The molecule has 124 valence electrons. The molecule has 2 nitrogen and oxygen atoms in total. The zero-order chi connectivity index (χ0) is 17.4. The Morgan fingerprint density at radius 2 is 1.72 bits per heavy atom. The van der Waals surface area contributed by atoms with Crippen LogP contribution in [0, 0.1) is 6.92 Å². The highest BCUT2D eigenvalue weighted by Gasteiger charge is 2.12. The van der Waals surface area contributed by atoms with Crippen molar-refractivity contribution in [3.05, 3.63) is 87.8 Å². The molecule has 0 unspecified atom stereocenters. The van der Waals surface area contributed by atoms with Crippen molar-refractivity contribution in [2.24, 2.45) is 0 Å². The number of aromatic nitrogens is 2. The number of nitrogens with zero attached hydrogens (tertiary/aromatic N) is 1. The first-order valence-corrected chi connectivity index (χ1v) is 8.85. The van der Waals surface area contributed by atoms with Gasteiger partial charge in [0, 0.05) is 17.7 Å². The molecule has 0 aliphatic heterocycles. The third-order valence-corrected chi connectivity index (χ3v) is 5.20. The van der Waals surface area contributed by atoms with Gasteiger partial charge in [0.05, 0.1) is 15.7 Å². The Bertz CT molecular complexity index is 1070. The predicted octanol–water partition coefficient (Wildman–Crippen LogP) is 6.44. The lowest BCUT2D eigenvalue weighted by Crippen LogP contribution is -1.92. The molecule has 1 N–H and O–H groups in total. The number of aromatic amines is 1. The largest absolute Gasteiger partial charge is 0.345 e. The number of benzene rings is 3. The number of hydrogen-bond acceptors (Lipinski definition) is 1. The lowest BCUT2D eigenvalue weighted by Gasteiger charge is -2.03. The summed E-state index contributed by atoms with van der Waals surface area (Å²) in [5.74, 6) is 0.879. The highest BCUT2D eigenvalue weighted by atomic mass is 35.5. The van der Waals surface area contributed by atoms with Crippen LogP contribution in [0.15, 0.2) is 60.7 Å². The summed E-state index contributed by atoms with van der Waals surface area (Å²) in [5.41, 5.74) is 4.09. The number of rotatable bonds is 3. The molecule has 1 heterocycles. The van der Waals surface area contributed by atoms with E-state index in [1.165, 1.54) is 10.8 Å². The van der Waals surface area contributed by atoms with Gasteiger partial charge in [-0.1, -0.05) is 71.7 Å². The van der Waals surface area contributed by atoms with E-state index in [1.54, 1.807) is 6.07 Å². The number of halogens is 2. The first-order valence-electron chi connectivity index (χ1n) is 8.09. The van der Waals surface area contributed by atoms with Crippen molar-refractivity contribution in [1.29, 1.82) is 0 Å². The lowest BCUT2D eigenvalue weighted by atomic mass is 10.0. The van der Waals surface area contributed by atoms with Crippen LogP contribution in [0.3, 0.4) is 0 Å². The molecule has 3 aromatic carbocycles. The summed E-state index contributed by atoms with van der Waals surface area (Å²) in [5, 5.41) is 3.59. The molecule has 0 bridgehead atoms. The van der Waals surface area contributed by atoms with Gasteiger partial charge >= 0.3 is 0 Å². The monoisotopic (exact) mass is 366 g/mol. The van der Waals surface area contributed by atoms with E-state index in [0.29, 0.717) is 16.5 Å². The molecule has 0 radical (unpaired) electrons. The molecule has 0 fully saturated rings. The van der Waals surface area contributed by atoms with Crippen LogP contribution >= 0.6 is 23.2 Å². The molecule has 4 rings (SSSR count). The smallest absolute Gasteiger partial charge is 0.111 e. The van der Waals surface area contributed by atoms with E-state index in [0.717, 1.165) is 28.3 Å². The number of imidazole rings is 1. The Hall–Kier alpha value is -2.29. The average molecular weight is 367 g/mol. The van der Waals surface area contributed by atoms with E-state index in [2.05, 4.69) is 47.4 Å². The van der Waals surface area contributed by atoms with Crippen molar-refractivity contribution in [3.8, 4) is 11.3 Å². The fraction of sp³-hybridized carbons (Fsp3) is 0.0952. The maximum atomic E-state index is 6.30. The number of nitrogens with one attached hydrogen (secondary N) is 1. The van der Waals surface area contributed by atoms with Gasteiger partial charge in [0.15, 0.2) is 0 Å². The number of aryl methyl sites for hydroxylation is 1. The van der Waals surface area contributed by atoms with Gasteiger partial charge in [-0.2, -0.15) is 0 Å². The van der Waals surface area contributed by atoms with E-state index in [9.17, 15) is 0 Å². The Balaban J connectivity index is 1.71. The molecule has 0 aliphatic rings. The second-order valence-corrected chi connectivity index (χ2v) is 6.89. The Kier molecular flexibility index (Phi) is 4.24. The fourth-order valence-electron chi connectivity index (χ4n) is 3.09. The summed E-state index contributed by atoms with van der Waals surface area (Å²) < 4.78 is 0. The van der Waals surface area contributed by atoms with E-state index >= 15 is 0 Å². The van der Waals surface area contributed by atoms with Crippen molar-refractivity contribution >= 4 is 34.0 Å². The van der Waals surface area contributed by atoms with Crippen LogP contribution in [0.25, 0.3) is 22.0 Å². The normalized spacial score (nSPS) is 11.2. The molecule has 0 saturated heterocycles. The standard InChI is InChI=1S/C21H16Cl2N2/c1-13-21(17-10-9-14-5-2-3-6-15(14)11-17)25-19(24-13)12-16-7-4-8-18(22)20(16)23/h2-11H,12H2,1H3,(H,24,25). The third kappa shape index (κ3) is 3.15. The second kappa shape index (κ2) is 6.55. The van der Waals surface area contributed by atoms with Gasteiger partial charge in [0.2, 0.25) is 0 Å². The maximum absolute atomic E-state index is 6.30. The van der Waals surface area contributed by atoms with Crippen LogP contribution in [0.2, 0.25) is 10.0 Å². The number of H-pyrrole nitrogens is 1. The molecule has 1 aromatic heterocycles. The van der Waals surface area contributed by atoms with Gasteiger partial charge < -0.3 is 4.98 Å². The first kappa shape index (κ1) is 16.2. The highest BCUT2D eigenvalue weighted by molar-refractivity contribution is 6.42. The van der Waals surface area contributed by atoms with Crippen LogP contribution in [-0.2, 0) is 6.42 Å². The molecule has 4 heteroatoms. The van der Waals surface area contributed by atoms with Gasteiger partial charge in [-0.15, -0.1) is 0 Å². The minimum Gasteiger partial charge on any atom is -0.345 e. The SMILES string of the molecule is Cc1[nH]c(Cc2cccc(Cl)c2Cl)nc1-c1ccc2ccccc2c1. The third-order valence-electron chi connectivity index (χ3n) is 4.35. The lowest BCUT2D eigenvalue weighted by molar-refractivity contribution is 1.02. The molecule has 0 spiro atoms. The Labute approximate surface area is 156 Å². The molecule has 0 aliphatic carbocycles. The van der Waals surface area contributed by atoms with Crippen LogP contribution in [-0.4, -0.2) is 9.97 Å². The summed E-state index contributed by atoms with van der Waals surface area (Å²) in [6.07, 6.45) is 0.619. The van der Waals surface area contributed by atoms with E-state index in [-0.39, 0.29) is 0 Å². The van der Waals surface area contributed by atoms with Crippen LogP contribution in [0.4, 0.5) is 0 Å². The van der Waals surface area contributed by atoms with Gasteiger partial charge in [0.25, 0.3) is 0 Å². The molecule has 0 amide bonds. The van der Waals surface area contributed by atoms with E-state index < -0.39 is 0 Å². The first-order chi connectivity index (χ1) is 12.1. The van der Waals surface area contributed by atoms with Crippen molar-refractivity contribution in [2.45, 2.75) is 13.3 Å². The second-order valence-electron chi connectivity index (χ2n) is 6.11. The van der Waals surface area contributed by atoms with E-state index in [1.807, 2.05) is 19.1 Å². The molecule has 4 aromatic rings. The Morgan fingerprint density at radius 3 is 2.56 bits per heavy atom. The fourth-order valence-corrected chi connectivity index (χ4v) is 3.48. The highest BCUT2D eigenvalue weighted by Crippen LogP contribution is 2.29. The van der Waals surface area contributed by atoms with Crippen LogP contribution in [0.5, 0.6) is 0 Å². The molecular formula is C21H16Cl2N2. The molecule has 25 heavy (non-hydrogen) atoms. The molecular weight excluding hydrogens is 351 g/mol. The van der Waals surface area contributed by atoms with Crippen molar-refractivity contribution in [1.82, 2.24) is 9.97 Å². The average Bonchev–Trinajstić information content (AvgIpc) is 2.99. The minimum absolute atomic E-state index is 0.567.